The highest BCUT2D eigenvalue weighted by Crippen LogP contribution is 2.25. The molecule has 2 N–H and O–H groups in total. The van der Waals surface area contributed by atoms with Gasteiger partial charge in [0.2, 0.25) is 5.91 Å². The molecule has 0 aliphatic carbocycles. The van der Waals surface area contributed by atoms with Crippen molar-refractivity contribution in [2.24, 2.45) is 5.92 Å². The number of nitrogens with zero attached hydrogens (tertiary/aromatic N) is 2. The van der Waals surface area contributed by atoms with Gasteiger partial charge in [-0.25, -0.2) is 4.98 Å². The van der Waals surface area contributed by atoms with Crippen LogP contribution in [0.15, 0.2) is 47.4 Å². The van der Waals surface area contributed by atoms with Crippen LogP contribution in [0.25, 0.3) is 11.3 Å². The van der Waals surface area contributed by atoms with Crippen molar-refractivity contribution in [3.05, 3.63) is 57.3 Å². The van der Waals surface area contributed by atoms with Gasteiger partial charge in [-0.3, -0.25) is 14.6 Å². The van der Waals surface area contributed by atoms with E-state index in [0.717, 1.165) is 16.3 Å². The molecule has 2 unspecified atom stereocenters. The predicted molar refractivity (Wildman–Crippen MR) is 112 cm³/mol. The average molecular weight is 415 g/mol. The Labute approximate surface area is 172 Å². The summed E-state index contributed by atoms with van der Waals surface area (Å²) in [4.78, 5) is 34.5. The van der Waals surface area contributed by atoms with E-state index in [0.29, 0.717) is 4.88 Å². The summed E-state index contributed by atoms with van der Waals surface area (Å²) in [5.41, 5.74) is 1.77. The zero-order valence-electron chi connectivity index (χ0n) is 15.9. The van der Waals surface area contributed by atoms with Gasteiger partial charge in [-0.2, -0.15) is 0 Å². The molecule has 0 bridgehead atoms. The highest BCUT2D eigenvalue weighted by Gasteiger charge is 2.27. The fourth-order valence-electron chi connectivity index (χ4n) is 2.65. The molecule has 2 atom stereocenters. The van der Waals surface area contributed by atoms with Crippen molar-refractivity contribution >= 4 is 34.5 Å². The van der Waals surface area contributed by atoms with Crippen molar-refractivity contribution < 1.29 is 9.59 Å². The Morgan fingerprint density at radius 3 is 2.54 bits per heavy atom. The van der Waals surface area contributed by atoms with Crippen molar-refractivity contribution in [3.8, 4) is 11.3 Å². The maximum atomic E-state index is 12.8. The number of thiophene rings is 1. The fourth-order valence-corrected chi connectivity index (χ4v) is 4.12. The third-order valence-electron chi connectivity index (χ3n) is 4.19. The lowest BCUT2D eigenvalue weighted by molar-refractivity contribution is -0.124. The van der Waals surface area contributed by atoms with Crippen molar-refractivity contribution in [1.29, 1.82) is 0 Å². The summed E-state index contributed by atoms with van der Waals surface area (Å²) in [6, 6.07) is 6.49. The molecule has 3 aromatic heterocycles. The van der Waals surface area contributed by atoms with Crippen LogP contribution in [-0.4, -0.2) is 27.8 Å². The van der Waals surface area contributed by atoms with Gasteiger partial charge >= 0.3 is 0 Å². The third-order valence-corrected chi connectivity index (χ3v) is 6.09. The maximum absolute atomic E-state index is 12.8. The molecule has 0 aliphatic heterocycles. The number of rotatable bonds is 7. The first kappa shape index (κ1) is 20.2. The van der Waals surface area contributed by atoms with Crippen LogP contribution in [0.1, 0.15) is 41.5 Å². The van der Waals surface area contributed by atoms with Crippen LogP contribution in [-0.2, 0) is 4.79 Å². The van der Waals surface area contributed by atoms with E-state index < -0.39 is 6.04 Å². The molecule has 0 saturated carbocycles. The number of carbonyl (C=O) groups is 2. The number of hydrogen-bond acceptors (Lipinski definition) is 6. The highest BCUT2D eigenvalue weighted by molar-refractivity contribution is 7.12. The molecule has 0 fully saturated rings. The summed E-state index contributed by atoms with van der Waals surface area (Å²) in [6.07, 6.45) is 3.48. The molecule has 0 aromatic carbocycles. The third kappa shape index (κ3) is 4.82. The smallest absolute Gasteiger partial charge is 0.262 e. The van der Waals surface area contributed by atoms with Crippen LogP contribution in [0.5, 0.6) is 0 Å². The minimum Gasteiger partial charge on any atom is -0.345 e. The molecule has 0 aliphatic rings. The number of nitrogens with one attached hydrogen (secondary N) is 2. The monoisotopic (exact) mass is 414 g/mol. The van der Waals surface area contributed by atoms with Crippen LogP contribution in [0.4, 0.5) is 0 Å². The van der Waals surface area contributed by atoms with Crippen molar-refractivity contribution in [2.45, 2.75) is 32.9 Å². The zero-order chi connectivity index (χ0) is 20.1. The molecule has 2 amide bonds. The summed E-state index contributed by atoms with van der Waals surface area (Å²) in [7, 11) is 0. The van der Waals surface area contributed by atoms with Crippen molar-refractivity contribution in [1.82, 2.24) is 20.6 Å². The van der Waals surface area contributed by atoms with Gasteiger partial charge < -0.3 is 10.6 Å². The quantitative estimate of drug-likeness (QED) is 0.614. The molecule has 0 saturated heterocycles. The second kappa shape index (κ2) is 9.07. The lowest BCUT2D eigenvalue weighted by Crippen LogP contribution is -2.50. The fraction of sp³-hybridized carbons (Fsp3) is 0.300. The van der Waals surface area contributed by atoms with E-state index in [1.54, 1.807) is 18.5 Å². The summed E-state index contributed by atoms with van der Waals surface area (Å²) >= 11 is 2.84. The highest BCUT2D eigenvalue weighted by atomic mass is 32.1. The Morgan fingerprint density at radius 2 is 1.89 bits per heavy atom. The van der Waals surface area contributed by atoms with Gasteiger partial charge in [-0.05, 0) is 36.4 Å². The van der Waals surface area contributed by atoms with Gasteiger partial charge in [0.25, 0.3) is 5.91 Å². The minimum absolute atomic E-state index is 0.0432. The molecule has 8 heteroatoms. The Kier molecular flexibility index (Phi) is 6.53. The lowest BCUT2D eigenvalue weighted by Gasteiger charge is -2.23. The second-order valence-electron chi connectivity index (χ2n) is 6.72. The number of amides is 2. The van der Waals surface area contributed by atoms with E-state index >= 15 is 0 Å². The molecule has 3 aromatic rings. The Morgan fingerprint density at radius 1 is 1.07 bits per heavy atom. The molecule has 3 rings (SSSR count). The molecular formula is C20H22N4O2S2. The average Bonchev–Trinajstić information content (AvgIpc) is 3.38. The Hall–Kier alpha value is -2.58. The van der Waals surface area contributed by atoms with Gasteiger partial charge in [-0.1, -0.05) is 19.9 Å². The van der Waals surface area contributed by atoms with E-state index in [2.05, 4.69) is 20.6 Å². The van der Waals surface area contributed by atoms with Crippen LogP contribution in [0.3, 0.4) is 0 Å². The molecular weight excluding hydrogens is 392 g/mol. The van der Waals surface area contributed by atoms with Crippen molar-refractivity contribution in [3.63, 3.8) is 0 Å². The van der Waals surface area contributed by atoms with Crippen LogP contribution < -0.4 is 10.6 Å². The van der Waals surface area contributed by atoms with E-state index in [9.17, 15) is 9.59 Å². The number of pyridine rings is 1. The molecule has 0 spiro atoms. The van der Waals surface area contributed by atoms with Crippen molar-refractivity contribution in [2.75, 3.05) is 0 Å². The zero-order valence-corrected chi connectivity index (χ0v) is 17.5. The summed E-state index contributed by atoms with van der Waals surface area (Å²) in [5.74, 6) is -0.492. The topological polar surface area (TPSA) is 84.0 Å². The SMILES string of the molecule is CC(NC(=O)C(NC(=O)c1cccs1)C(C)C)c1nc(-c2cccnc2)cs1. The number of carbonyl (C=O) groups excluding carboxylic acids is 2. The van der Waals surface area contributed by atoms with Gasteiger partial charge in [-0.15, -0.1) is 22.7 Å². The maximum Gasteiger partial charge on any atom is 0.262 e. The predicted octanol–water partition coefficient (Wildman–Crippen LogP) is 3.90. The first-order valence-corrected chi connectivity index (χ1v) is 10.7. The normalized spacial score (nSPS) is 13.1. The first-order chi connectivity index (χ1) is 13.5. The summed E-state index contributed by atoms with van der Waals surface area (Å²) in [6.45, 7) is 5.71. The van der Waals surface area contributed by atoms with Crippen LogP contribution in [0, 0.1) is 5.92 Å². The molecule has 0 radical (unpaired) electrons. The van der Waals surface area contributed by atoms with E-state index in [1.807, 2.05) is 49.7 Å². The van der Waals surface area contributed by atoms with Gasteiger partial charge in [0.15, 0.2) is 0 Å². The minimum atomic E-state index is -0.616. The molecule has 3 heterocycles. The Balaban J connectivity index is 1.66. The van der Waals surface area contributed by atoms with E-state index in [4.69, 9.17) is 0 Å². The molecule has 28 heavy (non-hydrogen) atoms. The first-order valence-electron chi connectivity index (χ1n) is 8.96. The number of hydrogen-bond donors (Lipinski definition) is 2. The molecule has 6 nitrogen and oxygen atoms in total. The van der Waals surface area contributed by atoms with Gasteiger partial charge in [0, 0.05) is 23.3 Å². The summed E-state index contributed by atoms with van der Waals surface area (Å²) < 4.78 is 0. The van der Waals surface area contributed by atoms with Gasteiger partial charge in [0.1, 0.15) is 11.0 Å². The van der Waals surface area contributed by atoms with E-state index in [1.165, 1.54) is 22.7 Å². The lowest BCUT2D eigenvalue weighted by atomic mass is 10.0. The van der Waals surface area contributed by atoms with Crippen LogP contribution >= 0.6 is 22.7 Å². The van der Waals surface area contributed by atoms with Gasteiger partial charge in [0.05, 0.1) is 16.6 Å². The standard InChI is InChI=1S/C20H22N4O2S2/c1-12(2)17(24-18(25)16-7-5-9-27-16)19(26)22-13(3)20-23-15(11-28-20)14-6-4-8-21-10-14/h4-13,17H,1-3H3,(H,22,26)(H,24,25). The second-order valence-corrected chi connectivity index (χ2v) is 8.55. The number of thiazole rings is 1. The largest absolute Gasteiger partial charge is 0.345 e. The Bertz CT molecular complexity index is 923. The van der Waals surface area contributed by atoms with E-state index in [-0.39, 0.29) is 23.8 Å². The number of aromatic nitrogens is 2. The molecule has 146 valence electrons. The van der Waals surface area contributed by atoms with Crippen LogP contribution in [0.2, 0.25) is 0 Å². The summed E-state index contributed by atoms with van der Waals surface area (Å²) in [5, 5.41) is 10.4.